The van der Waals surface area contributed by atoms with E-state index in [1.54, 1.807) is 0 Å². The molecule has 6 heteroatoms. The summed E-state index contributed by atoms with van der Waals surface area (Å²) in [5, 5.41) is 0. The molecule has 0 aliphatic heterocycles. The zero-order chi connectivity index (χ0) is 17.0. The van der Waals surface area contributed by atoms with Crippen LogP contribution in [0.3, 0.4) is 0 Å². The molecule has 0 amide bonds. The normalized spacial score (nSPS) is 39.4. The van der Waals surface area contributed by atoms with E-state index in [-0.39, 0.29) is 31.3 Å². The Balaban J connectivity index is 1.72. The van der Waals surface area contributed by atoms with Crippen LogP contribution < -0.4 is 0 Å². The lowest BCUT2D eigenvalue weighted by atomic mass is 9.69. The highest BCUT2D eigenvalue weighted by Gasteiger charge is 2.40. The highest BCUT2D eigenvalue weighted by molar-refractivity contribution is 4.89. The second-order valence-electron chi connectivity index (χ2n) is 7.32. The molecule has 0 aromatic carbocycles. The van der Waals surface area contributed by atoms with Gasteiger partial charge in [-0.15, -0.1) is 0 Å². The van der Waals surface area contributed by atoms with Crippen molar-refractivity contribution in [2.24, 2.45) is 17.8 Å². The first kappa shape index (κ1) is 18.9. The van der Waals surface area contributed by atoms with Crippen molar-refractivity contribution in [3.05, 3.63) is 0 Å². The average Bonchev–Trinajstić information content (AvgIpc) is 2.44. The largest absolute Gasteiger partial charge is 0.389 e. The molecule has 6 atom stereocenters. The third-order valence-corrected chi connectivity index (χ3v) is 5.38. The molecule has 0 heterocycles. The molecule has 0 aromatic rings. The first-order valence-electron chi connectivity index (χ1n) is 8.72. The summed E-state index contributed by atoms with van der Waals surface area (Å²) < 4.78 is 69.9. The fourth-order valence-electron chi connectivity index (χ4n) is 4.07. The lowest BCUT2D eigenvalue weighted by molar-refractivity contribution is -0.140. The van der Waals surface area contributed by atoms with Gasteiger partial charge in [0.05, 0.1) is 6.10 Å². The van der Waals surface area contributed by atoms with Gasteiger partial charge in [0.1, 0.15) is 12.3 Å². The van der Waals surface area contributed by atoms with Crippen molar-refractivity contribution in [1.82, 2.24) is 0 Å². The minimum absolute atomic E-state index is 0.0440. The molecule has 136 valence electrons. The van der Waals surface area contributed by atoms with E-state index in [4.69, 9.17) is 4.74 Å². The molecule has 6 unspecified atom stereocenters. The van der Waals surface area contributed by atoms with Gasteiger partial charge in [-0.25, -0.2) is 8.78 Å². The maximum Gasteiger partial charge on any atom is 0.389 e. The summed E-state index contributed by atoms with van der Waals surface area (Å²) in [5.41, 5.74) is 0. The number of halogens is 5. The minimum Gasteiger partial charge on any atom is -0.375 e. The smallest absolute Gasteiger partial charge is 0.375 e. The third kappa shape index (κ3) is 5.87. The highest BCUT2D eigenvalue weighted by atomic mass is 19.4. The Labute approximate surface area is 135 Å². The molecule has 2 rings (SSSR count). The summed E-state index contributed by atoms with van der Waals surface area (Å²) in [6, 6.07) is 0. The second kappa shape index (κ2) is 8.13. The Hall–Kier alpha value is -0.390. The predicted molar refractivity (Wildman–Crippen MR) is 78.7 cm³/mol. The standard InChI is InChI=1S/C17H27F5O/c1-11-3-5-13(14(18)9-11)12-4-6-16(15(19)10-12)23-8-2-7-17(20,21)22/h11-16H,2-10H2,1H3. The quantitative estimate of drug-likeness (QED) is 0.465. The van der Waals surface area contributed by atoms with Crippen LogP contribution in [0.2, 0.25) is 0 Å². The molecule has 1 nitrogen and oxygen atoms in total. The van der Waals surface area contributed by atoms with Crippen molar-refractivity contribution in [3.8, 4) is 0 Å². The molecule has 0 spiro atoms. The molecule has 2 aliphatic rings. The third-order valence-electron chi connectivity index (χ3n) is 5.38. The van der Waals surface area contributed by atoms with Gasteiger partial charge in [0.2, 0.25) is 0 Å². The van der Waals surface area contributed by atoms with Gasteiger partial charge in [-0.3, -0.25) is 0 Å². The Morgan fingerprint density at radius 1 is 0.957 bits per heavy atom. The number of hydrogen-bond donors (Lipinski definition) is 0. The predicted octanol–water partition coefficient (Wildman–Crippen LogP) is 5.63. The lowest BCUT2D eigenvalue weighted by Gasteiger charge is -2.40. The van der Waals surface area contributed by atoms with Crippen molar-refractivity contribution in [1.29, 1.82) is 0 Å². The van der Waals surface area contributed by atoms with E-state index in [0.29, 0.717) is 25.2 Å². The van der Waals surface area contributed by atoms with E-state index in [2.05, 4.69) is 0 Å². The van der Waals surface area contributed by atoms with Crippen LogP contribution >= 0.6 is 0 Å². The van der Waals surface area contributed by atoms with Crippen LogP contribution in [0.5, 0.6) is 0 Å². The van der Waals surface area contributed by atoms with Crippen molar-refractivity contribution < 1.29 is 26.7 Å². The summed E-state index contributed by atoms with van der Waals surface area (Å²) in [4.78, 5) is 0. The molecule has 0 N–H and O–H groups in total. The van der Waals surface area contributed by atoms with Gasteiger partial charge >= 0.3 is 6.18 Å². The van der Waals surface area contributed by atoms with Gasteiger partial charge in [-0.05, 0) is 56.3 Å². The van der Waals surface area contributed by atoms with Crippen LogP contribution in [-0.4, -0.2) is 31.2 Å². The molecule has 2 saturated carbocycles. The van der Waals surface area contributed by atoms with Crippen LogP contribution in [0.25, 0.3) is 0 Å². The molecule has 0 bridgehead atoms. The Bertz CT molecular complexity index is 359. The number of ether oxygens (including phenoxy) is 1. The van der Waals surface area contributed by atoms with Crippen LogP contribution in [0, 0.1) is 17.8 Å². The Morgan fingerprint density at radius 3 is 2.30 bits per heavy atom. The van der Waals surface area contributed by atoms with Crippen LogP contribution in [0.1, 0.15) is 58.3 Å². The van der Waals surface area contributed by atoms with Gasteiger partial charge in [-0.1, -0.05) is 13.3 Å². The van der Waals surface area contributed by atoms with Crippen molar-refractivity contribution in [3.63, 3.8) is 0 Å². The van der Waals surface area contributed by atoms with Crippen molar-refractivity contribution in [2.75, 3.05) is 6.61 Å². The first-order valence-corrected chi connectivity index (χ1v) is 8.72. The van der Waals surface area contributed by atoms with E-state index >= 15 is 0 Å². The molecule has 2 aliphatic carbocycles. The van der Waals surface area contributed by atoms with Gasteiger partial charge < -0.3 is 4.74 Å². The Kier molecular flexibility index (Phi) is 6.69. The zero-order valence-corrected chi connectivity index (χ0v) is 13.6. The van der Waals surface area contributed by atoms with Gasteiger partial charge in [0.15, 0.2) is 0 Å². The molecular formula is C17H27F5O. The van der Waals surface area contributed by atoms with E-state index in [9.17, 15) is 22.0 Å². The molecule has 0 saturated heterocycles. The fourth-order valence-corrected chi connectivity index (χ4v) is 4.07. The molecule has 0 radical (unpaired) electrons. The average molecular weight is 342 g/mol. The van der Waals surface area contributed by atoms with Crippen LogP contribution in [0.4, 0.5) is 22.0 Å². The SMILES string of the molecule is CC1CCC(C2CCC(OCCCC(F)(F)F)C(F)C2)C(F)C1. The van der Waals surface area contributed by atoms with E-state index in [1.807, 2.05) is 6.92 Å². The highest BCUT2D eigenvalue weighted by Crippen LogP contribution is 2.42. The maximum atomic E-state index is 14.2. The monoisotopic (exact) mass is 342 g/mol. The van der Waals surface area contributed by atoms with Crippen LogP contribution in [-0.2, 0) is 4.74 Å². The molecule has 0 aromatic heterocycles. The van der Waals surface area contributed by atoms with Gasteiger partial charge in [-0.2, -0.15) is 13.2 Å². The van der Waals surface area contributed by atoms with Crippen molar-refractivity contribution >= 4 is 0 Å². The van der Waals surface area contributed by atoms with E-state index in [1.165, 1.54) is 0 Å². The lowest BCUT2D eigenvalue weighted by Crippen LogP contribution is -2.39. The topological polar surface area (TPSA) is 9.23 Å². The van der Waals surface area contributed by atoms with Gasteiger partial charge in [0, 0.05) is 13.0 Å². The van der Waals surface area contributed by atoms with E-state index < -0.39 is 31.0 Å². The van der Waals surface area contributed by atoms with E-state index in [0.717, 1.165) is 12.8 Å². The number of rotatable bonds is 5. The molecule has 23 heavy (non-hydrogen) atoms. The summed E-state index contributed by atoms with van der Waals surface area (Å²) in [6.45, 7) is 1.98. The summed E-state index contributed by atoms with van der Waals surface area (Å²) in [6.07, 6.45) is -4.03. The summed E-state index contributed by atoms with van der Waals surface area (Å²) >= 11 is 0. The number of hydrogen-bond acceptors (Lipinski definition) is 1. The summed E-state index contributed by atoms with van der Waals surface area (Å²) in [5.74, 6) is 0.383. The Morgan fingerprint density at radius 2 is 1.70 bits per heavy atom. The zero-order valence-electron chi connectivity index (χ0n) is 13.6. The maximum absolute atomic E-state index is 14.2. The molecule has 2 fully saturated rings. The van der Waals surface area contributed by atoms with Gasteiger partial charge in [0.25, 0.3) is 0 Å². The minimum atomic E-state index is -4.19. The number of alkyl halides is 5. The first-order chi connectivity index (χ1) is 10.8. The summed E-state index contributed by atoms with van der Waals surface area (Å²) in [7, 11) is 0. The second-order valence-corrected chi connectivity index (χ2v) is 7.32. The fraction of sp³-hybridized carbons (Fsp3) is 1.00. The molecular weight excluding hydrogens is 315 g/mol. The van der Waals surface area contributed by atoms with Crippen LogP contribution in [0.15, 0.2) is 0 Å². The van der Waals surface area contributed by atoms with Crippen molar-refractivity contribution in [2.45, 2.75) is 82.9 Å².